The summed E-state index contributed by atoms with van der Waals surface area (Å²) < 4.78 is 2.96. The summed E-state index contributed by atoms with van der Waals surface area (Å²) in [5.74, 6) is 0.750. The number of para-hydroxylation sites is 1. The van der Waals surface area contributed by atoms with Crippen molar-refractivity contribution in [3.63, 3.8) is 0 Å². The molecule has 0 bridgehead atoms. The molecule has 21 heavy (non-hydrogen) atoms. The molecule has 0 aliphatic heterocycles. The molecule has 4 rings (SSSR count). The quantitative estimate of drug-likeness (QED) is 0.526. The van der Waals surface area contributed by atoms with E-state index in [1.807, 2.05) is 47.9 Å². The Balaban J connectivity index is 2.00. The van der Waals surface area contributed by atoms with Gasteiger partial charge in [-0.1, -0.05) is 24.3 Å². The molecule has 0 fully saturated rings. The van der Waals surface area contributed by atoms with Gasteiger partial charge in [0.15, 0.2) is 11.5 Å². The molecule has 0 atom stereocenters. The lowest BCUT2D eigenvalue weighted by atomic mass is 10.2. The molecule has 0 saturated carbocycles. The van der Waals surface area contributed by atoms with Crippen LogP contribution in [0.15, 0.2) is 53.1 Å². The van der Waals surface area contributed by atoms with E-state index in [1.54, 1.807) is 0 Å². The Morgan fingerprint density at radius 3 is 2.81 bits per heavy atom. The zero-order chi connectivity index (χ0) is 14.4. The summed E-state index contributed by atoms with van der Waals surface area (Å²) in [6.07, 6.45) is 1.97. The van der Waals surface area contributed by atoms with E-state index in [9.17, 15) is 0 Å². The summed E-state index contributed by atoms with van der Waals surface area (Å²) in [5, 5.41) is 9.69. The van der Waals surface area contributed by atoms with Gasteiger partial charge in [0.25, 0.3) is 0 Å². The predicted molar refractivity (Wildman–Crippen MR) is 86.2 cm³/mol. The second-order valence-corrected chi connectivity index (χ2v) is 5.86. The van der Waals surface area contributed by atoms with Crippen LogP contribution in [0.4, 0.5) is 0 Å². The van der Waals surface area contributed by atoms with E-state index >= 15 is 0 Å². The highest BCUT2D eigenvalue weighted by Gasteiger charge is 2.12. The minimum absolute atomic E-state index is 0.750. The highest BCUT2D eigenvalue weighted by molar-refractivity contribution is 9.10. The Bertz CT molecular complexity index is 975. The Kier molecular flexibility index (Phi) is 2.75. The van der Waals surface area contributed by atoms with E-state index in [0.717, 1.165) is 38.1 Å². The third-order valence-electron chi connectivity index (χ3n) is 3.48. The molecular weight excluding hydrogens is 328 g/mol. The zero-order valence-electron chi connectivity index (χ0n) is 11.3. The Morgan fingerprint density at radius 2 is 1.90 bits per heavy atom. The molecule has 0 saturated heterocycles. The number of aryl methyl sites for hydroxylation is 1. The van der Waals surface area contributed by atoms with Crippen LogP contribution in [0, 0.1) is 6.92 Å². The number of fused-ring (bicyclic) bond motifs is 2. The van der Waals surface area contributed by atoms with Crippen molar-refractivity contribution in [2.45, 2.75) is 6.92 Å². The van der Waals surface area contributed by atoms with Crippen LogP contribution in [0.5, 0.6) is 0 Å². The predicted octanol–water partition coefficient (Wildman–Crippen LogP) is 4.02. The third-order valence-corrected chi connectivity index (χ3v) is 3.92. The van der Waals surface area contributed by atoms with Crippen LogP contribution in [0.2, 0.25) is 0 Å². The maximum atomic E-state index is 4.69. The summed E-state index contributed by atoms with van der Waals surface area (Å²) >= 11 is 3.52. The second kappa shape index (κ2) is 4.63. The number of hydrogen-bond donors (Lipinski definition) is 0. The van der Waals surface area contributed by atoms with Crippen molar-refractivity contribution in [2.75, 3.05) is 0 Å². The zero-order valence-corrected chi connectivity index (χ0v) is 12.9. The van der Waals surface area contributed by atoms with Crippen molar-refractivity contribution < 1.29 is 0 Å². The maximum Gasteiger partial charge on any atom is 0.187 e. The van der Waals surface area contributed by atoms with Gasteiger partial charge in [-0.3, -0.25) is 4.40 Å². The lowest BCUT2D eigenvalue weighted by Gasteiger charge is -2.03. The molecule has 0 N–H and O–H groups in total. The SMILES string of the molecule is Cc1cc(Br)cn2c(-c3ccc4ccccc4n3)nnc12. The fourth-order valence-corrected chi connectivity index (χ4v) is 3.03. The average molecular weight is 339 g/mol. The highest BCUT2D eigenvalue weighted by Crippen LogP contribution is 2.23. The van der Waals surface area contributed by atoms with Gasteiger partial charge < -0.3 is 0 Å². The number of benzene rings is 1. The van der Waals surface area contributed by atoms with E-state index < -0.39 is 0 Å². The summed E-state index contributed by atoms with van der Waals surface area (Å²) in [6, 6.07) is 14.1. The lowest BCUT2D eigenvalue weighted by molar-refractivity contribution is 1.09. The van der Waals surface area contributed by atoms with Gasteiger partial charge in [-0.25, -0.2) is 4.98 Å². The molecule has 102 valence electrons. The summed E-state index contributed by atoms with van der Waals surface area (Å²) in [5.41, 5.74) is 3.70. The molecule has 0 aliphatic carbocycles. The van der Waals surface area contributed by atoms with Crippen LogP contribution in [0.3, 0.4) is 0 Å². The molecule has 5 heteroatoms. The normalized spacial score (nSPS) is 11.3. The molecule has 0 amide bonds. The molecule has 1 aromatic carbocycles. The first-order valence-electron chi connectivity index (χ1n) is 6.59. The van der Waals surface area contributed by atoms with Crippen LogP contribution in [-0.4, -0.2) is 19.6 Å². The van der Waals surface area contributed by atoms with Gasteiger partial charge in [0, 0.05) is 16.1 Å². The van der Waals surface area contributed by atoms with Gasteiger partial charge in [0.05, 0.1) is 5.52 Å². The van der Waals surface area contributed by atoms with Crippen LogP contribution < -0.4 is 0 Å². The van der Waals surface area contributed by atoms with Crippen LogP contribution in [0.25, 0.3) is 28.1 Å². The molecule has 0 unspecified atom stereocenters. The number of halogens is 1. The van der Waals surface area contributed by atoms with E-state index in [0.29, 0.717) is 0 Å². The Labute approximate surface area is 129 Å². The Morgan fingerprint density at radius 1 is 1.05 bits per heavy atom. The minimum atomic E-state index is 0.750. The van der Waals surface area contributed by atoms with E-state index in [2.05, 4.69) is 43.2 Å². The monoisotopic (exact) mass is 338 g/mol. The first-order chi connectivity index (χ1) is 10.2. The standard InChI is InChI=1S/C16H11BrN4/c1-10-8-12(17)9-21-15(10)19-20-16(21)14-7-6-11-4-2-3-5-13(11)18-14/h2-9H,1H3. The Hall–Kier alpha value is -2.27. The van der Waals surface area contributed by atoms with Gasteiger partial charge in [0.1, 0.15) is 5.69 Å². The maximum absolute atomic E-state index is 4.69. The molecule has 4 nitrogen and oxygen atoms in total. The van der Waals surface area contributed by atoms with Crippen LogP contribution in [-0.2, 0) is 0 Å². The lowest BCUT2D eigenvalue weighted by Crippen LogP contribution is -1.94. The number of pyridine rings is 2. The van der Waals surface area contributed by atoms with Crippen LogP contribution in [0.1, 0.15) is 5.56 Å². The number of rotatable bonds is 1. The van der Waals surface area contributed by atoms with E-state index in [4.69, 9.17) is 0 Å². The second-order valence-electron chi connectivity index (χ2n) is 4.95. The van der Waals surface area contributed by atoms with Gasteiger partial charge >= 0.3 is 0 Å². The molecule has 4 aromatic rings. The number of aromatic nitrogens is 4. The first kappa shape index (κ1) is 12.5. The average Bonchev–Trinajstić information content (AvgIpc) is 2.91. The molecule has 0 aliphatic rings. The third kappa shape index (κ3) is 2.01. The number of hydrogen-bond acceptors (Lipinski definition) is 3. The van der Waals surface area contributed by atoms with Gasteiger partial charge in [0.2, 0.25) is 0 Å². The minimum Gasteiger partial charge on any atom is -0.280 e. The molecular formula is C16H11BrN4. The first-order valence-corrected chi connectivity index (χ1v) is 7.39. The number of nitrogens with zero attached hydrogens (tertiary/aromatic N) is 4. The molecule has 3 aromatic heterocycles. The van der Waals surface area contributed by atoms with Crippen molar-refractivity contribution >= 4 is 32.5 Å². The summed E-state index contributed by atoms with van der Waals surface area (Å²) in [6.45, 7) is 2.02. The van der Waals surface area contributed by atoms with E-state index in [-0.39, 0.29) is 0 Å². The fourth-order valence-electron chi connectivity index (χ4n) is 2.48. The van der Waals surface area contributed by atoms with Crippen molar-refractivity contribution in [1.29, 1.82) is 0 Å². The molecule has 0 radical (unpaired) electrons. The van der Waals surface area contributed by atoms with Crippen molar-refractivity contribution in [3.05, 3.63) is 58.7 Å². The topological polar surface area (TPSA) is 43.1 Å². The molecule has 0 spiro atoms. The van der Waals surface area contributed by atoms with Gasteiger partial charge in [-0.15, -0.1) is 10.2 Å². The summed E-state index contributed by atoms with van der Waals surface area (Å²) in [4.78, 5) is 4.69. The smallest absolute Gasteiger partial charge is 0.187 e. The largest absolute Gasteiger partial charge is 0.280 e. The summed E-state index contributed by atoms with van der Waals surface area (Å²) in [7, 11) is 0. The van der Waals surface area contributed by atoms with Crippen molar-refractivity contribution in [2.24, 2.45) is 0 Å². The van der Waals surface area contributed by atoms with Crippen molar-refractivity contribution in [1.82, 2.24) is 19.6 Å². The van der Waals surface area contributed by atoms with E-state index in [1.165, 1.54) is 0 Å². The van der Waals surface area contributed by atoms with Gasteiger partial charge in [-0.2, -0.15) is 0 Å². The van der Waals surface area contributed by atoms with Crippen molar-refractivity contribution in [3.8, 4) is 11.5 Å². The van der Waals surface area contributed by atoms with Gasteiger partial charge in [-0.05, 0) is 46.6 Å². The highest BCUT2D eigenvalue weighted by atomic mass is 79.9. The van der Waals surface area contributed by atoms with Crippen LogP contribution >= 0.6 is 15.9 Å². The fraction of sp³-hybridized carbons (Fsp3) is 0.0625. The molecule has 3 heterocycles.